The number of thiophene rings is 1. The van der Waals surface area contributed by atoms with Crippen molar-refractivity contribution in [3.05, 3.63) is 22.4 Å². The highest BCUT2D eigenvalue weighted by Gasteiger charge is 2.20. The Morgan fingerprint density at radius 1 is 1.58 bits per heavy atom. The highest BCUT2D eigenvalue weighted by atomic mass is 79.9. The molecule has 0 N–H and O–H groups in total. The van der Waals surface area contributed by atoms with Gasteiger partial charge in [-0.15, -0.1) is 0 Å². The lowest BCUT2D eigenvalue weighted by atomic mass is 9.84. The van der Waals surface area contributed by atoms with Crippen LogP contribution >= 0.6 is 27.3 Å². The van der Waals surface area contributed by atoms with Crippen molar-refractivity contribution >= 4 is 27.3 Å². The summed E-state index contributed by atoms with van der Waals surface area (Å²) in [4.78, 5) is 0. The maximum Gasteiger partial charge on any atom is 0.00884 e. The molecule has 0 aliphatic carbocycles. The van der Waals surface area contributed by atoms with E-state index in [1.807, 2.05) is 0 Å². The number of halogens is 1. The van der Waals surface area contributed by atoms with Crippen LogP contribution in [0, 0.1) is 5.41 Å². The van der Waals surface area contributed by atoms with Crippen LogP contribution in [0.25, 0.3) is 0 Å². The van der Waals surface area contributed by atoms with Crippen molar-refractivity contribution in [2.75, 3.05) is 5.33 Å². The summed E-state index contributed by atoms with van der Waals surface area (Å²) < 4.78 is 0. The molecular formula is C10H15BrS. The van der Waals surface area contributed by atoms with Gasteiger partial charge in [0.25, 0.3) is 0 Å². The molecule has 0 amide bonds. The molecule has 68 valence electrons. The standard InChI is InChI=1S/C10H15BrS/c1-3-10(2,8-11)6-9-4-5-12-7-9/h4-5,7H,3,6,8H2,1-2H3. The van der Waals surface area contributed by atoms with Crippen molar-refractivity contribution in [3.8, 4) is 0 Å². The Hall–Kier alpha value is 0.180. The Kier molecular flexibility index (Phi) is 3.78. The van der Waals surface area contributed by atoms with Gasteiger partial charge >= 0.3 is 0 Å². The highest BCUT2D eigenvalue weighted by molar-refractivity contribution is 9.09. The fourth-order valence-electron chi connectivity index (χ4n) is 1.15. The highest BCUT2D eigenvalue weighted by Crippen LogP contribution is 2.29. The second-order valence-corrected chi connectivity index (χ2v) is 4.95. The molecule has 1 unspecified atom stereocenters. The Labute approximate surface area is 87.1 Å². The van der Waals surface area contributed by atoms with E-state index in [1.165, 1.54) is 18.4 Å². The van der Waals surface area contributed by atoms with Gasteiger partial charge in [0.1, 0.15) is 0 Å². The molecule has 1 atom stereocenters. The lowest BCUT2D eigenvalue weighted by Crippen LogP contribution is -2.19. The SMILES string of the molecule is CCC(C)(CBr)Cc1ccsc1. The van der Waals surface area contributed by atoms with Crippen molar-refractivity contribution in [3.63, 3.8) is 0 Å². The first-order valence-electron chi connectivity index (χ1n) is 4.27. The van der Waals surface area contributed by atoms with Crippen LogP contribution in [0.5, 0.6) is 0 Å². The van der Waals surface area contributed by atoms with E-state index in [0.717, 1.165) is 5.33 Å². The molecule has 0 saturated carbocycles. The molecule has 0 aliphatic heterocycles. The normalized spacial score (nSPS) is 15.9. The largest absolute Gasteiger partial charge is 0.152 e. The zero-order valence-corrected chi connectivity index (χ0v) is 10.0. The third-order valence-corrected chi connectivity index (χ3v) is 4.47. The molecule has 0 aliphatic rings. The van der Waals surface area contributed by atoms with Gasteiger partial charge in [-0.05, 0) is 40.6 Å². The van der Waals surface area contributed by atoms with E-state index in [1.54, 1.807) is 11.3 Å². The third-order valence-electron chi connectivity index (χ3n) is 2.39. The van der Waals surface area contributed by atoms with Crippen LogP contribution in [0.15, 0.2) is 16.8 Å². The first kappa shape index (κ1) is 10.3. The van der Waals surface area contributed by atoms with E-state index in [4.69, 9.17) is 0 Å². The van der Waals surface area contributed by atoms with E-state index in [9.17, 15) is 0 Å². The smallest absolute Gasteiger partial charge is 0.00884 e. The average molecular weight is 247 g/mol. The molecule has 1 rings (SSSR count). The predicted molar refractivity (Wildman–Crippen MR) is 60.2 cm³/mol. The number of alkyl halides is 1. The van der Waals surface area contributed by atoms with Crippen molar-refractivity contribution in [1.29, 1.82) is 0 Å². The van der Waals surface area contributed by atoms with Gasteiger partial charge < -0.3 is 0 Å². The summed E-state index contributed by atoms with van der Waals surface area (Å²) in [5, 5.41) is 5.49. The fraction of sp³-hybridized carbons (Fsp3) is 0.600. The molecule has 0 fully saturated rings. The monoisotopic (exact) mass is 246 g/mol. The molecule has 0 radical (unpaired) electrons. The van der Waals surface area contributed by atoms with Gasteiger partial charge in [0, 0.05) is 5.33 Å². The van der Waals surface area contributed by atoms with Gasteiger partial charge in [0.15, 0.2) is 0 Å². The zero-order chi connectivity index (χ0) is 9.03. The molecule has 0 aromatic carbocycles. The number of hydrogen-bond acceptors (Lipinski definition) is 1. The Morgan fingerprint density at radius 3 is 2.75 bits per heavy atom. The number of rotatable bonds is 4. The summed E-state index contributed by atoms with van der Waals surface area (Å²) in [6, 6.07) is 2.22. The number of hydrogen-bond donors (Lipinski definition) is 0. The Bertz CT molecular complexity index is 212. The van der Waals surface area contributed by atoms with Gasteiger partial charge in [-0.25, -0.2) is 0 Å². The first-order valence-corrected chi connectivity index (χ1v) is 6.33. The van der Waals surface area contributed by atoms with Gasteiger partial charge in [0.2, 0.25) is 0 Å². The Morgan fingerprint density at radius 2 is 2.33 bits per heavy atom. The molecular weight excluding hydrogens is 232 g/mol. The minimum Gasteiger partial charge on any atom is -0.152 e. The predicted octanol–water partition coefficient (Wildman–Crippen LogP) is 4.10. The van der Waals surface area contributed by atoms with Crippen LogP contribution < -0.4 is 0 Å². The fourth-order valence-corrected chi connectivity index (χ4v) is 2.42. The summed E-state index contributed by atoms with van der Waals surface area (Å²) in [6.07, 6.45) is 2.42. The van der Waals surface area contributed by atoms with Gasteiger partial charge in [-0.1, -0.05) is 29.8 Å². The minimum absolute atomic E-state index is 0.432. The molecule has 0 bridgehead atoms. The molecule has 0 saturated heterocycles. The lowest BCUT2D eigenvalue weighted by Gasteiger charge is -2.24. The van der Waals surface area contributed by atoms with Crippen LogP contribution in [-0.2, 0) is 6.42 Å². The second-order valence-electron chi connectivity index (χ2n) is 3.61. The van der Waals surface area contributed by atoms with Crippen LogP contribution in [0.2, 0.25) is 0 Å². The van der Waals surface area contributed by atoms with E-state index < -0.39 is 0 Å². The summed E-state index contributed by atoms with van der Waals surface area (Å²) in [6.45, 7) is 4.59. The third kappa shape index (κ3) is 2.60. The van der Waals surface area contributed by atoms with Gasteiger partial charge in [-0.3, -0.25) is 0 Å². The summed E-state index contributed by atoms with van der Waals surface area (Å²) in [5.74, 6) is 0. The maximum atomic E-state index is 3.58. The summed E-state index contributed by atoms with van der Waals surface area (Å²) in [7, 11) is 0. The summed E-state index contributed by atoms with van der Waals surface area (Å²) in [5.41, 5.74) is 1.91. The van der Waals surface area contributed by atoms with Crippen molar-refractivity contribution in [2.24, 2.45) is 5.41 Å². The van der Waals surface area contributed by atoms with E-state index in [0.29, 0.717) is 5.41 Å². The minimum atomic E-state index is 0.432. The first-order chi connectivity index (χ1) is 5.70. The van der Waals surface area contributed by atoms with Crippen LogP contribution in [-0.4, -0.2) is 5.33 Å². The average Bonchev–Trinajstić information content (AvgIpc) is 2.57. The van der Waals surface area contributed by atoms with Gasteiger partial charge in [-0.2, -0.15) is 11.3 Å². The van der Waals surface area contributed by atoms with Crippen LogP contribution in [0.3, 0.4) is 0 Å². The van der Waals surface area contributed by atoms with Gasteiger partial charge in [0.05, 0.1) is 0 Å². The van der Waals surface area contributed by atoms with Crippen molar-refractivity contribution in [1.82, 2.24) is 0 Å². The van der Waals surface area contributed by atoms with Crippen LogP contribution in [0.1, 0.15) is 25.8 Å². The van der Waals surface area contributed by atoms with Crippen molar-refractivity contribution in [2.45, 2.75) is 26.7 Å². The van der Waals surface area contributed by atoms with Crippen molar-refractivity contribution < 1.29 is 0 Å². The molecule has 0 nitrogen and oxygen atoms in total. The lowest BCUT2D eigenvalue weighted by molar-refractivity contribution is 0.362. The molecule has 1 aromatic rings. The molecule has 12 heavy (non-hydrogen) atoms. The Balaban J connectivity index is 2.60. The van der Waals surface area contributed by atoms with Crippen LogP contribution in [0.4, 0.5) is 0 Å². The maximum absolute atomic E-state index is 3.58. The summed E-state index contributed by atoms with van der Waals surface area (Å²) >= 11 is 5.37. The van der Waals surface area contributed by atoms with E-state index >= 15 is 0 Å². The van der Waals surface area contributed by atoms with E-state index in [-0.39, 0.29) is 0 Å². The molecule has 0 spiro atoms. The molecule has 1 heterocycles. The van der Waals surface area contributed by atoms with E-state index in [2.05, 4.69) is 46.6 Å². The molecule has 2 heteroatoms. The topological polar surface area (TPSA) is 0 Å². The second kappa shape index (κ2) is 4.43. The quantitative estimate of drug-likeness (QED) is 0.702. The molecule has 1 aromatic heterocycles. The zero-order valence-electron chi connectivity index (χ0n) is 7.64.